The molecule has 30 heavy (non-hydrogen) atoms. The Morgan fingerprint density at radius 2 is 2.07 bits per heavy atom. The second-order valence-electron chi connectivity index (χ2n) is 6.46. The number of pyridine rings is 2. The summed E-state index contributed by atoms with van der Waals surface area (Å²) in [5.41, 5.74) is -0.538. The van der Waals surface area contributed by atoms with Gasteiger partial charge in [-0.1, -0.05) is 11.6 Å². The van der Waals surface area contributed by atoms with E-state index in [9.17, 15) is 18.0 Å². The zero-order chi connectivity index (χ0) is 21.6. The highest BCUT2D eigenvalue weighted by Crippen LogP contribution is 2.34. The average molecular weight is 461 g/mol. The summed E-state index contributed by atoms with van der Waals surface area (Å²) in [5.74, 6) is 1.48. The molecule has 0 aromatic carbocycles. The van der Waals surface area contributed by atoms with E-state index in [1.165, 1.54) is 18.5 Å². The van der Waals surface area contributed by atoms with Crippen LogP contribution in [0.5, 0.6) is 5.88 Å². The van der Waals surface area contributed by atoms with Crippen molar-refractivity contribution >= 4 is 35.1 Å². The lowest BCUT2D eigenvalue weighted by Crippen LogP contribution is -2.33. The molecule has 0 radical (unpaired) electrons. The number of halogens is 4. The first-order valence-electron chi connectivity index (χ1n) is 9.27. The predicted molar refractivity (Wildman–Crippen MR) is 110 cm³/mol. The largest absolute Gasteiger partial charge is 0.478 e. The van der Waals surface area contributed by atoms with E-state index < -0.39 is 11.7 Å². The van der Waals surface area contributed by atoms with Crippen LogP contribution in [0.4, 0.5) is 19.0 Å². The van der Waals surface area contributed by atoms with E-state index in [0.29, 0.717) is 19.5 Å². The van der Waals surface area contributed by atoms with Crippen molar-refractivity contribution in [2.24, 2.45) is 0 Å². The molecule has 3 rings (SSSR count). The van der Waals surface area contributed by atoms with Crippen molar-refractivity contribution in [2.75, 3.05) is 42.6 Å². The van der Waals surface area contributed by atoms with Crippen LogP contribution in [0.25, 0.3) is 0 Å². The summed E-state index contributed by atoms with van der Waals surface area (Å²) in [6.07, 6.45) is -1.26. The van der Waals surface area contributed by atoms with E-state index in [1.54, 1.807) is 11.8 Å². The van der Waals surface area contributed by atoms with Gasteiger partial charge in [-0.25, -0.2) is 0 Å². The quantitative estimate of drug-likeness (QED) is 0.632. The Morgan fingerprint density at radius 3 is 2.77 bits per heavy atom. The SMILES string of the molecule is O=C(NCCCOc1cc(C(F)(F)F)cc(N2CCSCC2)n1)c1cnccc1Cl. The lowest BCUT2D eigenvalue weighted by molar-refractivity contribution is -0.137. The Bertz CT molecular complexity index is 879. The van der Waals surface area contributed by atoms with Gasteiger partial charge in [-0.15, -0.1) is 0 Å². The molecule has 2 aromatic rings. The van der Waals surface area contributed by atoms with Gasteiger partial charge in [-0.2, -0.15) is 29.9 Å². The third-order valence-corrected chi connectivity index (χ3v) is 5.59. The first-order valence-corrected chi connectivity index (χ1v) is 10.8. The number of amides is 1. The maximum absolute atomic E-state index is 13.3. The normalized spacial score (nSPS) is 14.5. The van der Waals surface area contributed by atoms with Gasteiger partial charge in [0.25, 0.3) is 5.91 Å². The van der Waals surface area contributed by atoms with E-state index in [4.69, 9.17) is 16.3 Å². The molecule has 1 N–H and O–H groups in total. The smallest absolute Gasteiger partial charge is 0.416 e. The molecule has 1 saturated heterocycles. The minimum atomic E-state index is -4.49. The van der Waals surface area contributed by atoms with Gasteiger partial charge in [0, 0.05) is 49.6 Å². The molecule has 0 aliphatic carbocycles. The lowest BCUT2D eigenvalue weighted by atomic mass is 10.2. The van der Waals surface area contributed by atoms with Crippen molar-refractivity contribution in [3.63, 3.8) is 0 Å². The fourth-order valence-electron chi connectivity index (χ4n) is 2.77. The van der Waals surface area contributed by atoms with E-state index in [1.807, 2.05) is 4.90 Å². The fraction of sp³-hybridized carbons (Fsp3) is 0.421. The van der Waals surface area contributed by atoms with Gasteiger partial charge < -0.3 is 15.0 Å². The van der Waals surface area contributed by atoms with Gasteiger partial charge in [0.05, 0.1) is 22.8 Å². The summed E-state index contributed by atoms with van der Waals surface area (Å²) in [7, 11) is 0. The van der Waals surface area contributed by atoms with Crippen LogP contribution < -0.4 is 15.0 Å². The molecular formula is C19H20ClF3N4O2S. The summed E-state index contributed by atoms with van der Waals surface area (Å²) in [6, 6.07) is 3.47. The molecule has 0 atom stereocenters. The maximum atomic E-state index is 13.3. The Kier molecular flexibility index (Phi) is 7.65. The van der Waals surface area contributed by atoms with Crippen molar-refractivity contribution in [1.29, 1.82) is 0 Å². The van der Waals surface area contributed by atoms with E-state index in [2.05, 4.69) is 15.3 Å². The van der Waals surface area contributed by atoms with Crippen LogP contribution in [-0.4, -0.2) is 53.6 Å². The molecule has 3 heterocycles. The number of thioether (sulfide) groups is 1. The summed E-state index contributed by atoms with van der Waals surface area (Å²) in [4.78, 5) is 22.0. The van der Waals surface area contributed by atoms with Crippen LogP contribution in [-0.2, 0) is 6.18 Å². The Balaban J connectivity index is 1.56. The van der Waals surface area contributed by atoms with Gasteiger partial charge in [-0.3, -0.25) is 9.78 Å². The monoisotopic (exact) mass is 460 g/mol. The summed E-state index contributed by atoms with van der Waals surface area (Å²) in [5, 5.41) is 2.96. The third-order valence-electron chi connectivity index (χ3n) is 4.32. The van der Waals surface area contributed by atoms with Gasteiger partial charge in [-0.05, 0) is 18.6 Å². The molecule has 0 spiro atoms. The number of carbonyl (C=O) groups excluding carboxylic acids is 1. The van der Waals surface area contributed by atoms with Crippen molar-refractivity contribution in [3.05, 3.63) is 46.7 Å². The van der Waals surface area contributed by atoms with Crippen LogP contribution in [0.3, 0.4) is 0 Å². The maximum Gasteiger partial charge on any atom is 0.416 e. The van der Waals surface area contributed by atoms with Crippen LogP contribution >= 0.6 is 23.4 Å². The number of rotatable bonds is 7. The van der Waals surface area contributed by atoms with Crippen LogP contribution in [0, 0.1) is 0 Å². The number of hydrogen-bond donors (Lipinski definition) is 1. The predicted octanol–water partition coefficient (Wildman–Crippen LogP) is 3.90. The second-order valence-corrected chi connectivity index (χ2v) is 8.09. The highest BCUT2D eigenvalue weighted by atomic mass is 35.5. The molecular weight excluding hydrogens is 441 g/mol. The van der Waals surface area contributed by atoms with Gasteiger partial charge in [0.15, 0.2) is 0 Å². The second kappa shape index (κ2) is 10.2. The number of aromatic nitrogens is 2. The molecule has 1 amide bonds. The Hall–Kier alpha value is -2.20. The van der Waals surface area contributed by atoms with Crippen LogP contribution in [0.1, 0.15) is 22.3 Å². The third kappa shape index (κ3) is 6.15. The number of carbonyl (C=O) groups is 1. The topological polar surface area (TPSA) is 67.3 Å². The molecule has 6 nitrogen and oxygen atoms in total. The van der Waals surface area contributed by atoms with Crippen molar-refractivity contribution < 1.29 is 22.7 Å². The van der Waals surface area contributed by atoms with Gasteiger partial charge in [0.1, 0.15) is 5.82 Å². The minimum Gasteiger partial charge on any atom is -0.478 e. The van der Waals surface area contributed by atoms with Crippen LogP contribution in [0.15, 0.2) is 30.6 Å². The summed E-state index contributed by atoms with van der Waals surface area (Å²) in [6.45, 7) is 1.65. The number of nitrogens with zero attached hydrogens (tertiary/aromatic N) is 3. The minimum absolute atomic E-state index is 0.0836. The zero-order valence-electron chi connectivity index (χ0n) is 15.9. The molecule has 0 saturated carbocycles. The molecule has 162 valence electrons. The van der Waals surface area contributed by atoms with Crippen LogP contribution in [0.2, 0.25) is 5.02 Å². The van der Waals surface area contributed by atoms with E-state index >= 15 is 0 Å². The zero-order valence-corrected chi connectivity index (χ0v) is 17.5. The number of hydrogen-bond acceptors (Lipinski definition) is 6. The summed E-state index contributed by atoms with van der Waals surface area (Å²) < 4.78 is 45.3. The summed E-state index contributed by atoms with van der Waals surface area (Å²) >= 11 is 7.70. The molecule has 0 bridgehead atoms. The van der Waals surface area contributed by atoms with Crippen molar-refractivity contribution in [3.8, 4) is 5.88 Å². The fourth-order valence-corrected chi connectivity index (χ4v) is 3.87. The molecule has 1 fully saturated rings. The number of nitrogens with one attached hydrogen (secondary N) is 1. The van der Waals surface area contributed by atoms with E-state index in [-0.39, 0.29) is 41.3 Å². The first-order chi connectivity index (χ1) is 14.3. The lowest BCUT2D eigenvalue weighted by Gasteiger charge is -2.28. The standard InChI is InChI=1S/C19H20ClF3N4O2S/c20-15-2-4-24-12-14(15)18(28)25-3-1-7-29-17-11-13(19(21,22)23)10-16(26-17)27-5-8-30-9-6-27/h2,4,10-12H,1,3,5-9H2,(H,25,28). The Morgan fingerprint density at radius 1 is 1.30 bits per heavy atom. The molecule has 11 heteroatoms. The highest BCUT2D eigenvalue weighted by Gasteiger charge is 2.32. The Labute approximate surface area is 181 Å². The first kappa shape index (κ1) is 22.5. The van der Waals surface area contributed by atoms with Crippen molar-refractivity contribution in [1.82, 2.24) is 15.3 Å². The molecule has 1 aliphatic heterocycles. The van der Waals surface area contributed by atoms with Gasteiger partial charge in [0.2, 0.25) is 5.88 Å². The number of anilines is 1. The van der Waals surface area contributed by atoms with Gasteiger partial charge >= 0.3 is 6.18 Å². The molecule has 1 aliphatic rings. The highest BCUT2D eigenvalue weighted by molar-refractivity contribution is 7.99. The van der Waals surface area contributed by atoms with Crippen molar-refractivity contribution in [2.45, 2.75) is 12.6 Å². The van der Waals surface area contributed by atoms with E-state index in [0.717, 1.165) is 23.6 Å². The average Bonchev–Trinajstić information content (AvgIpc) is 2.73. The molecule has 0 unspecified atom stereocenters. The molecule has 2 aromatic heterocycles. The number of alkyl halides is 3. The number of ether oxygens (including phenoxy) is 1.